The van der Waals surface area contributed by atoms with Crippen LogP contribution in [0.5, 0.6) is 11.5 Å². The molecule has 6 N–H and O–H groups in total. The maximum atomic E-state index is 13.8. The highest BCUT2D eigenvalue weighted by Crippen LogP contribution is 2.42. The summed E-state index contributed by atoms with van der Waals surface area (Å²) in [5.74, 6) is -2.59. The molecule has 2 aliphatic carbocycles. The van der Waals surface area contributed by atoms with Gasteiger partial charge < -0.3 is 19.8 Å². The summed E-state index contributed by atoms with van der Waals surface area (Å²) in [5.41, 5.74) is 5.52. The maximum Gasteiger partial charge on any atom is 0.296 e. The lowest BCUT2D eigenvalue weighted by molar-refractivity contribution is -0.110. The Labute approximate surface area is 270 Å². The van der Waals surface area contributed by atoms with E-state index >= 15 is 0 Å². The number of hydrazone groups is 1. The van der Waals surface area contributed by atoms with Crippen LogP contribution in [-0.4, -0.2) is 75.1 Å². The van der Waals surface area contributed by atoms with Gasteiger partial charge in [0.25, 0.3) is 20.2 Å². The van der Waals surface area contributed by atoms with Crippen molar-refractivity contribution in [1.82, 2.24) is 0 Å². The molecule has 22 heteroatoms. The fraction of sp³-hybridized carbons (Fsp3) is 0.200. The van der Waals surface area contributed by atoms with Gasteiger partial charge in [-0.15, -0.1) is 10.2 Å². The fourth-order valence-corrected chi connectivity index (χ4v) is 7.09. The fourth-order valence-electron chi connectivity index (χ4n) is 4.54. The number of methoxy groups -OCH3 is 2. The number of azo groups is 1. The summed E-state index contributed by atoms with van der Waals surface area (Å²) in [6.07, 6.45) is 0.957. The number of sulfone groups is 1. The van der Waals surface area contributed by atoms with Crippen molar-refractivity contribution in [1.29, 1.82) is 0 Å². The van der Waals surface area contributed by atoms with Crippen molar-refractivity contribution in [3.05, 3.63) is 69.3 Å². The Balaban J connectivity index is 1.91. The Kier molecular flexibility index (Phi) is 9.87. The summed E-state index contributed by atoms with van der Waals surface area (Å²) in [7, 11) is -11.6. The molecule has 2 aromatic carbocycles. The van der Waals surface area contributed by atoms with E-state index in [4.69, 9.17) is 15.2 Å². The number of anilines is 1. The Morgan fingerprint density at radius 1 is 0.957 bits per heavy atom. The average molecular weight is 732 g/mol. The molecule has 0 spiro atoms. The van der Waals surface area contributed by atoms with E-state index in [9.17, 15) is 47.9 Å². The number of benzene rings is 2. The van der Waals surface area contributed by atoms with E-state index < -0.39 is 91.8 Å². The Morgan fingerprint density at radius 3 is 2.15 bits per heavy atom. The second kappa shape index (κ2) is 13.1. The van der Waals surface area contributed by atoms with E-state index in [-0.39, 0.29) is 32.7 Å². The number of allylic oxidation sites excluding steroid dienone is 4. The summed E-state index contributed by atoms with van der Waals surface area (Å²) in [6, 6.07) is 7.20. The number of nitrogens with one attached hydrogen (secondary N) is 1. The number of hydrogen-bond donors (Lipinski definition) is 5. The highest BCUT2D eigenvalue weighted by atomic mass is 32.2. The van der Waals surface area contributed by atoms with Crippen molar-refractivity contribution in [2.45, 2.75) is 16.2 Å². The van der Waals surface area contributed by atoms with Gasteiger partial charge in [0.05, 0.1) is 35.4 Å². The quantitative estimate of drug-likeness (QED) is 0.101. The molecule has 2 aromatic rings. The lowest BCUT2D eigenvalue weighted by atomic mass is 9.80. The number of rotatable bonds is 10. The van der Waals surface area contributed by atoms with Gasteiger partial charge in [-0.1, -0.05) is 6.08 Å². The normalized spacial score (nSPS) is 19.1. The molecule has 0 aliphatic heterocycles. The molecule has 18 nitrogen and oxygen atoms in total. The predicted octanol–water partition coefficient (Wildman–Crippen LogP) is 1.93. The van der Waals surface area contributed by atoms with Crippen LogP contribution >= 0.6 is 0 Å². The minimum absolute atomic E-state index is 0.0298. The number of ketones is 1. The molecular formula is C25H25N5O13S4. The van der Waals surface area contributed by atoms with Crippen LogP contribution in [0.25, 0.3) is 0 Å². The van der Waals surface area contributed by atoms with Crippen molar-refractivity contribution < 1.29 is 57.4 Å². The maximum absolute atomic E-state index is 13.8. The summed E-state index contributed by atoms with van der Waals surface area (Å²) in [5, 5.41) is 11.5. The van der Waals surface area contributed by atoms with E-state index in [0.717, 1.165) is 24.5 Å². The number of fused-ring (bicyclic) bond motifs is 1. The van der Waals surface area contributed by atoms with Gasteiger partial charge in [0, 0.05) is 17.7 Å². The molecular weight excluding hydrogens is 707 g/mol. The van der Waals surface area contributed by atoms with Crippen molar-refractivity contribution in [2.24, 2.45) is 27.0 Å². The van der Waals surface area contributed by atoms with Gasteiger partial charge in [-0.05, 0) is 42.8 Å². The van der Waals surface area contributed by atoms with Crippen LogP contribution in [0.15, 0.2) is 94.4 Å². The SMILES string of the molecule is COc1ccc(S(=O)O)cc1N=NC1=C(S(=O)(=O)O)CC2C=C(S(=O)(=O)O)C(=NNc3cc(S(C)(=O)=O)ccc3OC)C(=O)C2=C1N. The van der Waals surface area contributed by atoms with Gasteiger partial charge >= 0.3 is 0 Å². The Hall–Kier alpha value is -4.32. The zero-order valence-corrected chi connectivity index (χ0v) is 27.6. The number of ether oxygens (including phenoxy) is 2. The summed E-state index contributed by atoms with van der Waals surface area (Å²) < 4.78 is 125. The first-order valence-electron chi connectivity index (χ1n) is 12.6. The minimum Gasteiger partial charge on any atom is -0.495 e. The molecule has 0 aromatic heterocycles. The molecule has 252 valence electrons. The average Bonchev–Trinajstić information content (AvgIpc) is 2.97. The molecule has 0 bridgehead atoms. The lowest BCUT2D eigenvalue weighted by Gasteiger charge is -2.29. The highest BCUT2D eigenvalue weighted by Gasteiger charge is 2.43. The van der Waals surface area contributed by atoms with Gasteiger partial charge in [-0.3, -0.25) is 19.3 Å². The second-order valence-corrected chi connectivity index (χ2v) is 15.5. The monoisotopic (exact) mass is 731 g/mol. The molecule has 47 heavy (non-hydrogen) atoms. The number of hydrogen-bond acceptors (Lipinski definition) is 15. The number of Topliss-reactive ketones (excluding diaryl/α,β-unsaturated/α-hetero) is 1. The molecule has 0 saturated heterocycles. The van der Waals surface area contributed by atoms with E-state index in [1.165, 1.54) is 38.5 Å². The van der Waals surface area contributed by atoms with E-state index in [0.29, 0.717) is 0 Å². The smallest absolute Gasteiger partial charge is 0.296 e. The van der Waals surface area contributed by atoms with Crippen LogP contribution in [0.2, 0.25) is 0 Å². The zero-order chi connectivity index (χ0) is 35.1. The second-order valence-electron chi connectivity index (χ2n) is 9.71. The number of carbonyl (C=O) groups is 1. The Morgan fingerprint density at radius 2 is 1.60 bits per heavy atom. The van der Waals surface area contributed by atoms with Gasteiger partial charge in [-0.25, -0.2) is 12.6 Å². The minimum atomic E-state index is -5.21. The first-order chi connectivity index (χ1) is 21.8. The zero-order valence-electron chi connectivity index (χ0n) is 24.3. The van der Waals surface area contributed by atoms with Crippen molar-refractivity contribution >= 4 is 64.0 Å². The van der Waals surface area contributed by atoms with Crippen LogP contribution in [0.1, 0.15) is 6.42 Å². The van der Waals surface area contributed by atoms with E-state index in [2.05, 4.69) is 20.8 Å². The van der Waals surface area contributed by atoms with Crippen molar-refractivity contribution in [3.8, 4) is 11.5 Å². The van der Waals surface area contributed by atoms with Crippen molar-refractivity contribution in [2.75, 3.05) is 25.9 Å². The van der Waals surface area contributed by atoms with Crippen LogP contribution in [0.3, 0.4) is 0 Å². The first-order valence-corrected chi connectivity index (χ1v) is 18.5. The molecule has 0 fully saturated rings. The molecule has 2 unspecified atom stereocenters. The largest absolute Gasteiger partial charge is 0.495 e. The summed E-state index contributed by atoms with van der Waals surface area (Å²) in [6.45, 7) is 0. The lowest BCUT2D eigenvalue weighted by Crippen LogP contribution is -2.36. The third-order valence-corrected chi connectivity index (χ3v) is 10.4. The topological polar surface area (TPSA) is 291 Å². The third kappa shape index (κ3) is 7.48. The van der Waals surface area contributed by atoms with Crippen molar-refractivity contribution in [3.63, 3.8) is 0 Å². The van der Waals surface area contributed by atoms with Gasteiger partial charge in [0.15, 0.2) is 26.6 Å². The Bertz CT molecular complexity index is 2210. The van der Waals surface area contributed by atoms with Crippen LogP contribution in [-0.2, 0) is 45.9 Å². The number of nitrogens with two attached hydrogens (primary N) is 1. The highest BCUT2D eigenvalue weighted by molar-refractivity contribution is 7.91. The van der Waals surface area contributed by atoms with Gasteiger partial charge in [-0.2, -0.15) is 21.9 Å². The molecule has 0 amide bonds. The van der Waals surface area contributed by atoms with E-state index in [1.807, 2.05) is 0 Å². The standard InChI is InChI=1S/C25H25N5O13S4/c1-42-17-6-4-13(44(32)33)10-15(17)27-29-23-19(46(36,37)38)8-12-9-20(47(39,40)41)24(25(31)21(12)22(23)26)30-28-16-11-14(45(3,34)35)5-7-18(16)43-2/h4-7,9-12,28H,8,26H2,1-3H3,(H,32,33)(H,36,37,38)(H,39,40,41). The summed E-state index contributed by atoms with van der Waals surface area (Å²) >= 11 is -2.45. The van der Waals surface area contributed by atoms with Crippen LogP contribution in [0, 0.1) is 5.92 Å². The van der Waals surface area contributed by atoms with Gasteiger partial charge in [0.1, 0.15) is 32.7 Å². The van der Waals surface area contributed by atoms with E-state index in [1.54, 1.807) is 0 Å². The molecule has 2 aliphatic rings. The first kappa shape index (κ1) is 35.5. The molecule has 2 atom stereocenters. The molecule has 4 rings (SSSR count). The van der Waals surface area contributed by atoms with Gasteiger partial charge in [0.2, 0.25) is 5.78 Å². The molecule has 0 saturated carbocycles. The summed E-state index contributed by atoms with van der Waals surface area (Å²) in [4.78, 5) is 11.6. The predicted molar refractivity (Wildman–Crippen MR) is 166 cm³/mol. The molecule has 0 radical (unpaired) electrons. The molecule has 0 heterocycles. The number of nitrogens with zero attached hydrogens (tertiary/aromatic N) is 3. The van der Waals surface area contributed by atoms with Crippen LogP contribution in [0.4, 0.5) is 11.4 Å². The van der Waals surface area contributed by atoms with Crippen LogP contribution < -0.4 is 20.6 Å². The third-order valence-electron chi connectivity index (χ3n) is 6.72. The number of carbonyl (C=O) groups excluding carboxylic acids is 1.